The van der Waals surface area contributed by atoms with E-state index in [2.05, 4.69) is 10.6 Å². The molecule has 2 atom stereocenters. The van der Waals surface area contributed by atoms with Gasteiger partial charge in [-0.2, -0.15) is 11.8 Å². The van der Waals surface area contributed by atoms with Crippen molar-refractivity contribution in [2.24, 2.45) is 5.92 Å². The van der Waals surface area contributed by atoms with Crippen LogP contribution in [0.2, 0.25) is 0 Å². The number of nitrogens with one attached hydrogen (secondary N) is 2. The molecule has 2 aromatic rings. The molecule has 0 saturated heterocycles. The average molecular weight is 487 g/mol. The standard InChI is InChI=1S/C26H34N2O5S/c1-18(2)14-23(28-26(31)33-16-20-8-6-5-7-9-20)25(30)27-22(24(29)17-34-4)15-19-10-12-21(32-3)13-11-19/h5-13,18,22-23H,14-17H2,1-4H3,(H,27,30)(H,28,31)/t22-,23-/m0/s1. The van der Waals surface area contributed by atoms with Crippen LogP contribution in [0.5, 0.6) is 5.75 Å². The fourth-order valence-electron chi connectivity index (χ4n) is 3.37. The average Bonchev–Trinajstić information content (AvgIpc) is 2.83. The van der Waals surface area contributed by atoms with Gasteiger partial charge in [0.05, 0.1) is 18.9 Å². The molecule has 184 valence electrons. The van der Waals surface area contributed by atoms with Gasteiger partial charge in [0.25, 0.3) is 0 Å². The van der Waals surface area contributed by atoms with Crippen LogP contribution in [-0.2, 0) is 27.4 Å². The first-order valence-electron chi connectivity index (χ1n) is 11.2. The van der Waals surface area contributed by atoms with Crippen molar-refractivity contribution in [1.82, 2.24) is 10.6 Å². The lowest BCUT2D eigenvalue weighted by atomic mass is 10.00. The van der Waals surface area contributed by atoms with Gasteiger partial charge in [-0.25, -0.2) is 4.79 Å². The number of alkyl carbamates (subject to hydrolysis) is 1. The molecule has 2 amide bonds. The molecule has 34 heavy (non-hydrogen) atoms. The SMILES string of the molecule is COc1ccc(C[C@H](NC(=O)[C@H](CC(C)C)NC(=O)OCc2ccccc2)C(=O)CSC)cc1. The van der Waals surface area contributed by atoms with Crippen molar-refractivity contribution >= 4 is 29.5 Å². The van der Waals surface area contributed by atoms with Gasteiger partial charge in [0.15, 0.2) is 5.78 Å². The van der Waals surface area contributed by atoms with Crippen molar-refractivity contribution in [3.05, 3.63) is 65.7 Å². The van der Waals surface area contributed by atoms with Crippen LogP contribution in [0.1, 0.15) is 31.4 Å². The van der Waals surface area contributed by atoms with E-state index in [9.17, 15) is 14.4 Å². The van der Waals surface area contributed by atoms with E-state index in [0.29, 0.717) is 12.8 Å². The maximum Gasteiger partial charge on any atom is 0.408 e. The topological polar surface area (TPSA) is 93.7 Å². The summed E-state index contributed by atoms with van der Waals surface area (Å²) in [5, 5.41) is 5.53. The number of methoxy groups -OCH3 is 1. The maximum atomic E-state index is 13.1. The number of amides is 2. The third-order valence-electron chi connectivity index (χ3n) is 5.12. The van der Waals surface area contributed by atoms with Gasteiger partial charge in [-0.15, -0.1) is 0 Å². The zero-order valence-electron chi connectivity index (χ0n) is 20.2. The Hall–Kier alpha value is -3.00. The molecule has 7 nitrogen and oxygen atoms in total. The number of hydrogen-bond acceptors (Lipinski definition) is 6. The monoisotopic (exact) mass is 486 g/mol. The second-order valence-corrected chi connectivity index (χ2v) is 9.27. The molecule has 0 heterocycles. The molecule has 0 unspecified atom stereocenters. The molecular formula is C26H34N2O5S. The summed E-state index contributed by atoms with van der Waals surface area (Å²) in [6.07, 6.45) is 1.93. The summed E-state index contributed by atoms with van der Waals surface area (Å²) in [6, 6.07) is 15.2. The maximum absolute atomic E-state index is 13.1. The molecule has 0 aliphatic heterocycles. The molecule has 0 fully saturated rings. The fraction of sp³-hybridized carbons (Fsp3) is 0.423. The van der Waals surface area contributed by atoms with Crippen LogP contribution >= 0.6 is 11.8 Å². The number of carbonyl (C=O) groups is 3. The third-order valence-corrected chi connectivity index (χ3v) is 5.69. The number of Topliss-reactive ketones (excluding diaryl/α,β-unsaturated/α-hetero) is 1. The molecule has 0 saturated carbocycles. The summed E-state index contributed by atoms with van der Waals surface area (Å²) < 4.78 is 10.5. The normalized spacial score (nSPS) is 12.5. The highest BCUT2D eigenvalue weighted by Crippen LogP contribution is 2.14. The van der Waals surface area contributed by atoms with Gasteiger partial charge in [0.1, 0.15) is 18.4 Å². The van der Waals surface area contributed by atoms with Crippen LogP contribution in [0, 0.1) is 5.92 Å². The Morgan fingerprint density at radius 2 is 1.59 bits per heavy atom. The van der Waals surface area contributed by atoms with E-state index < -0.39 is 24.1 Å². The lowest BCUT2D eigenvalue weighted by Crippen LogP contribution is -2.53. The van der Waals surface area contributed by atoms with Gasteiger partial charge >= 0.3 is 6.09 Å². The van der Waals surface area contributed by atoms with E-state index in [0.717, 1.165) is 16.9 Å². The van der Waals surface area contributed by atoms with Crippen molar-refractivity contribution in [2.45, 2.75) is 45.4 Å². The predicted octanol–water partition coefficient (Wildman–Crippen LogP) is 4.00. The summed E-state index contributed by atoms with van der Waals surface area (Å²) in [5.74, 6) is 0.662. The van der Waals surface area contributed by atoms with Crippen molar-refractivity contribution in [3.63, 3.8) is 0 Å². The Labute approximate surface area is 206 Å². The largest absolute Gasteiger partial charge is 0.497 e. The van der Waals surface area contributed by atoms with Crippen molar-refractivity contribution in [2.75, 3.05) is 19.1 Å². The highest BCUT2D eigenvalue weighted by molar-refractivity contribution is 7.99. The van der Waals surface area contributed by atoms with Gasteiger partial charge in [-0.05, 0) is 48.3 Å². The number of rotatable bonds is 13. The van der Waals surface area contributed by atoms with E-state index in [1.54, 1.807) is 7.11 Å². The minimum absolute atomic E-state index is 0.0772. The first-order chi connectivity index (χ1) is 16.3. The smallest absolute Gasteiger partial charge is 0.408 e. The molecule has 2 rings (SSSR count). The molecule has 0 aliphatic carbocycles. The molecule has 0 aliphatic rings. The summed E-state index contributed by atoms with van der Waals surface area (Å²) in [6.45, 7) is 4.03. The van der Waals surface area contributed by atoms with Gasteiger partial charge in [0.2, 0.25) is 5.91 Å². The predicted molar refractivity (Wildman–Crippen MR) is 135 cm³/mol. The van der Waals surface area contributed by atoms with Crippen LogP contribution in [0.3, 0.4) is 0 Å². The number of carbonyl (C=O) groups excluding carboxylic acids is 3. The van der Waals surface area contributed by atoms with Gasteiger partial charge in [0, 0.05) is 0 Å². The summed E-state index contributed by atoms with van der Waals surface area (Å²) in [4.78, 5) is 38.3. The zero-order valence-corrected chi connectivity index (χ0v) is 21.0. The number of thioether (sulfide) groups is 1. The molecule has 2 N–H and O–H groups in total. The first kappa shape index (κ1) is 27.2. The third kappa shape index (κ3) is 9.47. The van der Waals surface area contributed by atoms with Crippen LogP contribution in [0.15, 0.2) is 54.6 Å². The Morgan fingerprint density at radius 1 is 0.912 bits per heavy atom. The Bertz CT molecular complexity index is 919. The molecule has 0 aromatic heterocycles. The second-order valence-electron chi connectivity index (χ2n) is 8.40. The number of hydrogen-bond donors (Lipinski definition) is 2. The quantitative estimate of drug-likeness (QED) is 0.445. The molecule has 2 aromatic carbocycles. The van der Waals surface area contributed by atoms with E-state index in [4.69, 9.17) is 9.47 Å². The van der Waals surface area contributed by atoms with Crippen LogP contribution < -0.4 is 15.4 Å². The van der Waals surface area contributed by atoms with E-state index >= 15 is 0 Å². The van der Waals surface area contributed by atoms with Crippen molar-refractivity contribution in [3.8, 4) is 5.75 Å². The molecule has 0 spiro atoms. The number of benzene rings is 2. The fourth-order valence-corrected chi connectivity index (χ4v) is 3.85. The highest BCUT2D eigenvalue weighted by atomic mass is 32.2. The summed E-state index contributed by atoms with van der Waals surface area (Å²) in [5.41, 5.74) is 1.75. The molecule has 8 heteroatoms. The molecule has 0 radical (unpaired) electrons. The lowest BCUT2D eigenvalue weighted by molar-refractivity contribution is -0.128. The minimum Gasteiger partial charge on any atom is -0.497 e. The Balaban J connectivity index is 2.06. The highest BCUT2D eigenvalue weighted by Gasteiger charge is 2.27. The van der Waals surface area contributed by atoms with Crippen LogP contribution in [-0.4, -0.2) is 49.0 Å². The van der Waals surface area contributed by atoms with E-state index in [1.165, 1.54) is 11.8 Å². The molecule has 0 bridgehead atoms. The van der Waals surface area contributed by atoms with Crippen LogP contribution in [0.25, 0.3) is 0 Å². The number of ether oxygens (including phenoxy) is 2. The van der Waals surface area contributed by atoms with Gasteiger partial charge < -0.3 is 20.1 Å². The Kier molecular flexibility index (Phi) is 11.5. The summed E-state index contributed by atoms with van der Waals surface area (Å²) in [7, 11) is 1.59. The minimum atomic E-state index is -0.816. The lowest BCUT2D eigenvalue weighted by Gasteiger charge is -2.24. The van der Waals surface area contributed by atoms with E-state index in [1.807, 2.05) is 74.7 Å². The summed E-state index contributed by atoms with van der Waals surface area (Å²) >= 11 is 1.41. The molecular weight excluding hydrogens is 452 g/mol. The Morgan fingerprint density at radius 3 is 2.18 bits per heavy atom. The number of ketones is 1. The zero-order chi connectivity index (χ0) is 24.9. The first-order valence-corrected chi connectivity index (χ1v) is 12.6. The second kappa shape index (κ2) is 14.3. The van der Waals surface area contributed by atoms with E-state index in [-0.39, 0.29) is 24.1 Å². The van der Waals surface area contributed by atoms with Crippen molar-refractivity contribution in [1.29, 1.82) is 0 Å². The van der Waals surface area contributed by atoms with Crippen LogP contribution in [0.4, 0.5) is 4.79 Å². The van der Waals surface area contributed by atoms with Crippen molar-refractivity contribution < 1.29 is 23.9 Å². The van der Waals surface area contributed by atoms with Gasteiger partial charge in [-0.3, -0.25) is 9.59 Å². The van der Waals surface area contributed by atoms with Gasteiger partial charge in [-0.1, -0.05) is 56.3 Å².